The fraction of sp³-hybridized carbons (Fsp3) is 0.286. The van der Waals surface area contributed by atoms with Gasteiger partial charge in [0.25, 0.3) is 0 Å². The number of hydrogen-bond donors (Lipinski definition) is 1. The maximum absolute atomic E-state index is 12.2. The number of nitrogens with zero attached hydrogens (tertiary/aromatic N) is 1. The normalized spacial score (nSPS) is 12.0. The Morgan fingerprint density at radius 1 is 1.38 bits per heavy atom. The smallest absolute Gasteiger partial charge is 0.109 e. The van der Waals surface area contributed by atoms with Crippen LogP contribution in [0.15, 0.2) is 12.4 Å². The molecule has 0 saturated carbocycles. The second-order valence-corrected chi connectivity index (χ2v) is 3.09. The highest BCUT2D eigenvalue weighted by molar-refractivity contribution is 6.35. The summed E-state index contributed by atoms with van der Waals surface area (Å²) >= 11 is 11.4. The van der Waals surface area contributed by atoms with Crippen molar-refractivity contribution in [2.24, 2.45) is 5.73 Å². The van der Waals surface area contributed by atoms with E-state index in [0.29, 0.717) is 15.6 Å². The molecule has 1 atom stereocenters. The lowest BCUT2D eigenvalue weighted by Crippen LogP contribution is -2.13. The molecule has 2 nitrogen and oxygen atoms in total. The molecule has 0 aliphatic heterocycles. The molecule has 13 heavy (non-hydrogen) atoms. The van der Waals surface area contributed by atoms with E-state index in [4.69, 9.17) is 28.9 Å². The van der Waals surface area contributed by atoms with Crippen LogP contribution in [0.25, 0.3) is 0 Å². The highest BCUT2D eigenvalue weighted by Crippen LogP contribution is 2.27. The number of nitrogens with two attached hydrogens (primary N) is 1. The summed E-state index contributed by atoms with van der Waals surface area (Å²) in [6.45, 7) is -0.691. The minimum atomic E-state index is -0.770. The van der Waals surface area contributed by atoms with Gasteiger partial charge in [-0.15, -0.1) is 12.4 Å². The largest absolute Gasteiger partial charge is 0.322 e. The van der Waals surface area contributed by atoms with Gasteiger partial charge in [0.05, 0.1) is 16.1 Å². The molecule has 0 saturated heterocycles. The molecule has 0 aromatic carbocycles. The molecule has 0 aliphatic rings. The van der Waals surface area contributed by atoms with E-state index < -0.39 is 12.7 Å². The maximum Gasteiger partial charge on any atom is 0.109 e. The molecule has 0 fully saturated rings. The average Bonchev–Trinajstić information content (AvgIpc) is 2.03. The molecule has 74 valence electrons. The zero-order valence-corrected chi connectivity index (χ0v) is 8.83. The van der Waals surface area contributed by atoms with Crippen LogP contribution >= 0.6 is 35.6 Å². The van der Waals surface area contributed by atoms with Crippen LogP contribution in [-0.2, 0) is 0 Å². The number of aromatic nitrogens is 1. The summed E-state index contributed by atoms with van der Waals surface area (Å²) in [4.78, 5) is 3.72. The number of halogens is 4. The zero-order chi connectivity index (χ0) is 9.14. The quantitative estimate of drug-likeness (QED) is 0.870. The fourth-order valence-electron chi connectivity index (χ4n) is 0.853. The number of rotatable bonds is 2. The molecular weight excluding hydrogens is 237 g/mol. The molecule has 0 bridgehead atoms. The van der Waals surface area contributed by atoms with Gasteiger partial charge in [-0.1, -0.05) is 23.2 Å². The molecule has 1 rings (SSSR count). The molecule has 0 radical (unpaired) electrons. The third-order valence-corrected chi connectivity index (χ3v) is 2.03. The molecule has 6 heteroatoms. The molecule has 0 spiro atoms. The van der Waals surface area contributed by atoms with Gasteiger partial charge in [-0.25, -0.2) is 4.39 Å². The highest BCUT2D eigenvalue weighted by atomic mass is 35.5. The Hall–Kier alpha value is -0.0900. The van der Waals surface area contributed by atoms with Crippen molar-refractivity contribution in [2.45, 2.75) is 6.04 Å². The predicted molar refractivity (Wildman–Crippen MR) is 54.4 cm³/mol. The maximum atomic E-state index is 12.2. The van der Waals surface area contributed by atoms with E-state index in [9.17, 15) is 4.39 Å². The highest BCUT2D eigenvalue weighted by Gasteiger charge is 2.13. The van der Waals surface area contributed by atoms with E-state index in [2.05, 4.69) is 4.98 Å². The SMILES string of the molecule is Cl.N[C@H](CF)c1c(Cl)cncc1Cl. The van der Waals surface area contributed by atoms with E-state index in [1.54, 1.807) is 0 Å². The third-order valence-electron chi connectivity index (χ3n) is 1.43. The molecular formula is C7H8Cl3FN2. The Balaban J connectivity index is 0.00000144. The summed E-state index contributed by atoms with van der Waals surface area (Å²) in [5, 5.41) is 0.598. The first kappa shape index (κ1) is 12.9. The minimum absolute atomic E-state index is 0. The molecule has 1 heterocycles. The number of pyridine rings is 1. The van der Waals surface area contributed by atoms with Gasteiger partial charge in [-0.05, 0) is 0 Å². The van der Waals surface area contributed by atoms with Gasteiger partial charge in [0, 0.05) is 18.0 Å². The minimum Gasteiger partial charge on any atom is -0.322 e. The van der Waals surface area contributed by atoms with E-state index in [1.807, 2.05) is 0 Å². The summed E-state index contributed by atoms with van der Waals surface area (Å²) < 4.78 is 12.2. The summed E-state index contributed by atoms with van der Waals surface area (Å²) in [6, 6.07) is -0.770. The van der Waals surface area contributed by atoms with E-state index in [1.165, 1.54) is 12.4 Å². The van der Waals surface area contributed by atoms with Gasteiger partial charge in [-0.3, -0.25) is 4.98 Å². The van der Waals surface area contributed by atoms with Crippen LogP contribution in [0.1, 0.15) is 11.6 Å². The van der Waals surface area contributed by atoms with E-state index in [-0.39, 0.29) is 12.4 Å². The van der Waals surface area contributed by atoms with Crippen LogP contribution in [0.3, 0.4) is 0 Å². The third kappa shape index (κ3) is 2.95. The zero-order valence-electron chi connectivity index (χ0n) is 6.51. The Bertz CT molecular complexity index is 262. The van der Waals surface area contributed by atoms with Crippen molar-refractivity contribution in [3.05, 3.63) is 28.0 Å². The Labute approximate surface area is 91.6 Å². The number of hydrogen-bond acceptors (Lipinski definition) is 2. The van der Waals surface area contributed by atoms with Crippen molar-refractivity contribution >= 4 is 35.6 Å². The van der Waals surface area contributed by atoms with Crippen LogP contribution in [0.4, 0.5) is 4.39 Å². The van der Waals surface area contributed by atoms with Crippen LogP contribution in [0.2, 0.25) is 10.0 Å². The summed E-state index contributed by atoms with van der Waals surface area (Å²) in [5.74, 6) is 0. The Morgan fingerprint density at radius 2 is 1.85 bits per heavy atom. The van der Waals surface area contributed by atoms with Gasteiger partial charge in [0.15, 0.2) is 0 Å². The molecule has 1 aromatic heterocycles. The average molecular weight is 246 g/mol. The molecule has 0 aliphatic carbocycles. The molecule has 0 amide bonds. The van der Waals surface area contributed by atoms with Gasteiger partial charge >= 0.3 is 0 Å². The second-order valence-electron chi connectivity index (χ2n) is 2.28. The Morgan fingerprint density at radius 3 is 2.23 bits per heavy atom. The lowest BCUT2D eigenvalue weighted by atomic mass is 10.1. The summed E-state index contributed by atoms with van der Waals surface area (Å²) in [6.07, 6.45) is 2.77. The first-order valence-electron chi connectivity index (χ1n) is 3.27. The van der Waals surface area contributed by atoms with Crippen molar-refractivity contribution < 1.29 is 4.39 Å². The van der Waals surface area contributed by atoms with Crippen molar-refractivity contribution in [1.29, 1.82) is 0 Å². The molecule has 1 aromatic rings. The fourth-order valence-corrected chi connectivity index (χ4v) is 1.50. The predicted octanol–water partition coefficient (Wildman–Crippen LogP) is 2.78. The lowest BCUT2D eigenvalue weighted by Gasteiger charge is -2.10. The van der Waals surface area contributed by atoms with E-state index in [0.717, 1.165) is 0 Å². The van der Waals surface area contributed by atoms with Crippen LogP contribution < -0.4 is 5.73 Å². The van der Waals surface area contributed by atoms with E-state index >= 15 is 0 Å². The first-order valence-corrected chi connectivity index (χ1v) is 4.03. The van der Waals surface area contributed by atoms with Crippen molar-refractivity contribution in [1.82, 2.24) is 4.98 Å². The van der Waals surface area contributed by atoms with Crippen LogP contribution in [-0.4, -0.2) is 11.7 Å². The van der Waals surface area contributed by atoms with Gasteiger partial charge in [0.1, 0.15) is 6.67 Å². The Kier molecular flexibility index (Phi) is 5.56. The number of alkyl halides is 1. The second kappa shape index (κ2) is 5.60. The molecule has 0 unspecified atom stereocenters. The van der Waals surface area contributed by atoms with Gasteiger partial charge in [0.2, 0.25) is 0 Å². The van der Waals surface area contributed by atoms with Crippen molar-refractivity contribution in [2.75, 3.05) is 6.67 Å². The lowest BCUT2D eigenvalue weighted by molar-refractivity contribution is 0.437. The summed E-state index contributed by atoms with van der Waals surface area (Å²) in [5.41, 5.74) is 5.84. The van der Waals surface area contributed by atoms with Crippen LogP contribution in [0.5, 0.6) is 0 Å². The van der Waals surface area contributed by atoms with Crippen molar-refractivity contribution in [3.8, 4) is 0 Å². The first-order chi connectivity index (χ1) is 5.66. The summed E-state index contributed by atoms with van der Waals surface area (Å²) in [7, 11) is 0. The monoisotopic (exact) mass is 244 g/mol. The standard InChI is InChI=1S/C7H7Cl2FN2.ClH/c8-4-2-12-3-5(9)7(4)6(11)1-10;/h2-3,6H,1,11H2;1H/t6-;/m1./s1. The van der Waals surface area contributed by atoms with Gasteiger partial charge < -0.3 is 5.73 Å². The topological polar surface area (TPSA) is 38.9 Å². The van der Waals surface area contributed by atoms with Gasteiger partial charge in [-0.2, -0.15) is 0 Å². The van der Waals surface area contributed by atoms with Crippen molar-refractivity contribution in [3.63, 3.8) is 0 Å². The molecule has 2 N–H and O–H groups in total. The van der Waals surface area contributed by atoms with Crippen LogP contribution in [0, 0.1) is 0 Å².